The molecule has 0 unspecified atom stereocenters. The molecule has 1 amide bonds. The van der Waals surface area contributed by atoms with Gasteiger partial charge >= 0.3 is 0 Å². The van der Waals surface area contributed by atoms with Crippen LogP contribution < -0.4 is 4.90 Å². The molecule has 3 heterocycles. The van der Waals surface area contributed by atoms with E-state index in [0.717, 1.165) is 67.8 Å². The molecule has 2 fully saturated rings. The third kappa shape index (κ3) is 3.51. The van der Waals surface area contributed by atoms with Crippen LogP contribution in [0.5, 0.6) is 0 Å². The van der Waals surface area contributed by atoms with Crippen LogP contribution in [-0.2, 0) is 0 Å². The van der Waals surface area contributed by atoms with Crippen LogP contribution in [0.25, 0.3) is 0 Å². The number of amides is 1. The second-order valence-corrected chi connectivity index (χ2v) is 7.20. The van der Waals surface area contributed by atoms with Gasteiger partial charge in [0.1, 0.15) is 5.82 Å². The summed E-state index contributed by atoms with van der Waals surface area (Å²) in [6.07, 6.45) is 3.98. The van der Waals surface area contributed by atoms with Gasteiger partial charge in [-0.3, -0.25) is 4.79 Å². The monoisotopic (exact) mass is 305 g/mol. The van der Waals surface area contributed by atoms with E-state index in [-0.39, 0.29) is 5.91 Å². The second kappa shape index (κ2) is 6.69. The molecule has 3 rings (SSSR count). The number of carbonyl (C=O) groups is 1. The number of thioether (sulfide) groups is 1. The highest BCUT2D eigenvalue weighted by Gasteiger charge is 2.22. The Morgan fingerprint density at radius 1 is 1.19 bits per heavy atom. The fourth-order valence-electron chi connectivity index (χ4n) is 2.89. The Labute approximate surface area is 130 Å². The van der Waals surface area contributed by atoms with Crippen LogP contribution in [0.1, 0.15) is 30.1 Å². The van der Waals surface area contributed by atoms with E-state index in [9.17, 15) is 4.79 Å². The van der Waals surface area contributed by atoms with Crippen LogP contribution in [0.4, 0.5) is 5.82 Å². The Balaban J connectivity index is 1.64. The number of rotatable bonds is 2. The van der Waals surface area contributed by atoms with Gasteiger partial charge in [0, 0.05) is 43.9 Å². The molecule has 0 N–H and O–H groups in total. The molecule has 5 heteroatoms. The van der Waals surface area contributed by atoms with Crippen molar-refractivity contribution in [1.29, 1.82) is 0 Å². The zero-order valence-corrected chi connectivity index (χ0v) is 13.4. The molecule has 114 valence electrons. The smallest absolute Gasteiger partial charge is 0.255 e. The van der Waals surface area contributed by atoms with E-state index in [1.54, 1.807) is 6.20 Å². The minimum absolute atomic E-state index is 0.134. The van der Waals surface area contributed by atoms with Crippen molar-refractivity contribution < 1.29 is 4.79 Å². The summed E-state index contributed by atoms with van der Waals surface area (Å²) in [5, 5.41) is 0. The number of hydrogen-bond acceptors (Lipinski definition) is 4. The van der Waals surface area contributed by atoms with Gasteiger partial charge in [0.2, 0.25) is 0 Å². The van der Waals surface area contributed by atoms with Gasteiger partial charge in [-0.2, -0.15) is 11.8 Å². The van der Waals surface area contributed by atoms with Crippen molar-refractivity contribution in [3.63, 3.8) is 0 Å². The molecule has 0 saturated carbocycles. The topological polar surface area (TPSA) is 36.4 Å². The fraction of sp³-hybridized carbons (Fsp3) is 0.625. The Morgan fingerprint density at radius 2 is 1.90 bits per heavy atom. The van der Waals surface area contributed by atoms with Gasteiger partial charge in [0.05, 0.1) is 5.56 Å². The third-order valence-electron chi connectivity index (χ3n) is 4.40. The fourth-order valence-corrected chi connectivity index (χ4v) is 3.79. The largest absolute Gasteiger partial charge is 0.355 e. The third-order valence-corrected chi connectivity index (χ3v) is 5.34. The van der Waals surface area contributed by atoms with E-state index >= 15 is 0 Å². The lowest BCUT2D eigenvalue weighted by molar-refractivity contribution is 0.0697. The normalized spacial score (nSPS) is 20.6. The summed E-state index contributed by atoms with van der Waals surface area (Å²) in [6.45, 7) is 6.12. The predicted molar refractivity (Wildman–Crippen MR) is 88.1 cm³/mol. The first-order valence-electron chi connectivity index (χ1n) is 7.82. The molecule has 0 bridgehead atoms. The maximum absolute atomic E-state index is 12.5. The van der Waals surface area contributed by atoms with E-state index < -0.39 is 0 Å². The van der Waals surface area contributed by atoms with E-state index in [2.05, 4.69) is 16.8 Å². The molecule has 0 radical (unpaired) electrons. The van der Waals surface area contributed by atoms with E-state index in [1.807, 2.05) is 28.8 Å². The lowest BCUT2D eigenvalue weighted by Gasteiger charge is -2.30. The van der Waals surface area contributed by atoms with Gasteiger partial charge < -0.3 is 9.80 Å². The van der Waals surface area contributed by atoms with E-state index in [1.165, 1.54) is 0 Å². The van der Waals surface area contributed by atoms with Crippen molar-refractivity contribution in [2.75, 3.05) is 42.6 Å². The van der Waals surface area contributed by atoms with Crippen molar-refractivity contribution in [2.24, 2.45) is 5.92 Å². The highest BCUT2D eigenvalue weighted by atomic mass is 32.2. The summed E-state index contributed by atoms with van der Waals surface area (Å²) in [7, 11) is 0. The predicted octanol–water partition coefficient (Wildman–Crippen LogP) is 2.51. The number of anilines is 1. The van der Waals surface area contributed by atoms with Crippen molar-refractivity contribution in [2.45, 2.75) is 19.8 Å². The average molecular weight is 305 g/mol. The minimum Gasteiger partial charge on any atom is -0.355 e. The number of aromatic nitrogens is 1. The van der Waals surface area contributed by atoms with Gasteiger partial charge in [-0.15, -0.1) is 0 Å². The van der Waals surface area contributed by atoms with Crippen LogP contribution >= 0.6 is 11.8 Å². The average Bonchev–Trinajstić information content (AvgIpc) is 2.56. The number of carbonyl (C=O) groups excluding carboxylic acids is 1. The van der Waals surface area contributed by atoms with Crippen LogP contribution in [0.3, 0.4) is 0 Å². The lowest BCUT2D eigenvalue weighted by atomic mass is 9.99. The van der Waals surface area contributed by atoms with E-state index in [0.29, 0.717) is 0 Å². The minimum atomic E-state index is 0.134. The first-order chi connectivity index (χ1) is 10.2. The first kappa shape index (κ1) is 14.7. The van der Waals surface area contributed by atoms with Crippen molar-refractivity contribution >= 4 is 23.5 Å². The summed E-state index contributed by atoms with van der Waals surface area (Å²) >= 11 is 1.99. The van der Waals surface area contributed by atoms with Crippen LogP contribution in [0.2, 0.25) is 0 Å². The van der Waals surface area contributed by atoms with Gasteiger partial charge in [-0.25, -0.2) is 4.98 Å². The standard InChI is InChI=1S/C16H23N3OS/c1-13-4-6-19(7-5-13)16(20)14-2-3-15(17-12-14)18-8-10-21-11-9-18/h2-3,12-13H,4-11H2,1H3. The second-order valence-electron chi connectivity index (χ2n) is 5.98. The SMILES string of the molecule is CC1CCN(C(=O)c2ccc(N3CCSCC3)nc2)CC1. The molecule has 21 heavy (non-hydrogen) atoms. The molecular formula is C16H23N3OS. The molecule has 1 aromatic rings. The number of nitrogens with zero attached hydrogens (tertiary/aromatic N) is 3. The molecule has 0 aliphatic carbocycles. The summed E-state index contributed by atoms with van der Waals surface area (Å²) in [5.41, 5.74) is 0.722. The summed E-state index contributed by atoms with van der Waals surface area (Å²) in [4.78, 5) is 21.2. The van der Waals surface area contributed by atoms with Crippen molar-refractivity contribution in [1.82, 2.24) is 9.88 Å². The number of hydrogen-bond donors (Lipinski definition) is 0. The first-order valence-corrected chi connectivity index (χ1v) is 8.97. The van der Waals surface area contributed by atoms with Gasteiger partial charge in [0.15, 0.2) is 0 Å². The quantitative estimate of drug-likeness (QED) is 0.841. The van der Waals surface area contributed by atoms with Crippen LogP contribution in [0.15, 0.2) is 18.3 Å². The zero-order valence-electron chi connectivity index (χ0n) is 12.6. The molecule has 2 saturated heterocycles. The Morgan fingerprint density at radius 3 is 2.52 bits per heavy atom. The van der Waals surface area contributed by atoms with Gasteiger partial charge in [-0.05, 0) is 30.9 Å². The van der Waals surface area contributed by atoms with Gasteiger partial charge in [-0.1, -0.05) is 6.92 Å². The summed E-state index contributed by atoms with van der Waals surface area (Å²) < 4.78 is 0. The molecule has 4 nitrogen and oxygen atoms in total. The molecule has 2 aliphatic rings. The molecular weight excluding hydrogens is 282 g/mol. The van der Waals surface area contributed by atoms with Crippen molar-refractivity contribution in [3.8, 4) is 0 Å². The van der Waals surface area contributed by atoms with E-state index in [4.69, 9.17) is 0 Å². The highest BCUT2D eigenvalue weighted by molar-refractivity contribution is 7.99. The van der Waals surface area contributed by atoms with Crippen molar-refractivity contribution in [3.05, 3.63) is 23.9 Å². The molecule has 0 spiro atoms. The highest BCUT2D eigenvalue weighted by Crippen LogP contribution is 2.20. The molecule has 0 atom stereocenters. The maximum atomic E-state index is 12.5. The van der Waals surface area contributed by atoms with Gasteiger partial charge in [0.25, 0.3) is 5.91 Å². The number of piperidine rings is 1. The lowest BCUT2D eigenvalue weighted by Crippen LogP contribution is -2.38. The number of pyridine rings is 1. The molecule has 0 aromatic carbocycles. The number of likely N-dealkylation sites (tertiary alicyclic amines) is 1. The Bertz CT molecular complexity index is 477. The van der Waals surface area contributed by atoms with Crippen LogP contribution in [-0.4, -0.2) is 53.5 Å². The zero-order chi connectivity index (χ0) is 14.7. The van der Waals surface area contributed by atoms with Crippen LogP contribution in [0, 0.1) is 5.92 Å². The summed E-state index contributed by atoms with van der Waals surface area (Å²) in [5.74, 6) is 4.20. The maximum Gasteiger partial charge on any atom is 0.255 e. The molecule has 2 aliphatic heterocycles. The Kier molecular flexibility index (Phi) is 4.68. The Hall–Kier alpha value is -1.23. The summed E-state index contributed by atoms with van der Waals surface area (Å²) in [6, 6.07) is 3.93. The molecule has 1 aromatic heterocycles.